The minimum absolute atomic E-state index is 0.237. The lowest BCUT2D eigenvalue weighted by molar-refractivity contribution is 0.0975. The van der Waals surface area contributed by atoms with Crippen molar-refractivity contribution in [2.24, 2.45) is 0 Å². The first kappa shape index (κ1) is 25.3. The molecule has 40 heavy (non-hydrogen) atoms. The van der Waals surface area contributed by atoms with Gasteiger partial charge in [0, 0.05) is 55.6 Å². The smallest absolute Gasteiger partial charge is 0.162 e. The highest BCUT2D eigenvalue weighted by molar-refractivity contribution is 5.94. The van der Waals surface area contributed by atoms with Crippen molar-refractivity contribution in [1.29, 1.82) is 0 Å². The monoisotopic (exact) mass is 541 g/mol. The van der Waals surface area contributed by atoms with E-state index < -0.39 is 11.6 Å². The number of nitrogens with one attached hydrogen (secondary N) is 1. The molecule has 9 heteroatoms. The lowest BCUT2D eigenvalue weighted by atomic mass is 9.89. The average molecular weight is 542 g/mol. The van der Waals surface area contributed by atoms with E-state index in [0.717, 1.165) is 61.5 Å². The lowest BCUT2D eigenvalue weighted by Gasteiger charge is -2.44. The van der Waals surface area contributed by atoms with Crippen LogP contribution in [0.5, 0.6) is 0 Å². The molecule has 206 valence electrons. The van der Waals surface area contributed by atoms with Crippen LogP contribution >= 0.6 is 0 Å². The lowest BCUT2D eigenvalue weighted by Crippen LogP contribution is -2.49. The summed E-state index contributed by atoms with van der Waals surface area (Å²) in [7, 11) is 2.16. The number of anilines is 3. The van der Waals surface area contributed by atoms with Crippen LogP contribution in [-0.4, -0.2) is 57.1 Å². The summed E-state index contributed by atoms with van der Waals surface area (Å²) in [6.45, 7) is 2.25. The summed E-state index contributed by atoms with van der Waals surface area (Å²) in [6.07, 6.45) is 14.0. The average Bonchev–Trinajstić information content (AvgIpc) is 3.79. The van der Waals surface area contributed by atoms with Crippen LogP contribution in [0.3, 0.4) is 0 Å². The van der Waals surface area contributed by atoms with Gasteiger partial charge in [-0.3, -0.25) is 4.98 Å². The molecular formula is C31H33F2N7. The Hall–Kier alpha value is -3.72. The Balaban J connectivity index is 1.25. The third-order valence-electron chi connectivity index (χ3n) is 8.84. The number of nitrogens with zero attached hydrogens (tertiary/aromatic N) is 6. The van der Waals surface area contributed by atoms with E-state index >= 15 is 0 Å². The maximum atomic E-state index is 14.3. The molecule has 0 spiro atoms. The van der Waals surface area contributed by atoms with Crippen LogP contribution in [-0.2, 0) is 0 Å². The molecule has 1 N–H and O–H groups in total. The topological polar surface area (TPSA) is 70.1 Å². The van der Waals surface area contributed by atoms with Gasteiger partial charge in [0.15, 0.2) is 5.82 Å². The molecule has 1 aromatic carbocycles. The highest BCUT2D eigenvalue weighted by Crippen LogP contribution is 2.45. The Labute approximate surface area is 232 Å². The summed E-state index contributed by atoms with van der Waals surface area (Å²) in [4.78, 5) is 23.9. The van der Waals surface area contributed by atoms with Crippen LogP contribution in [0.4, 0.5) is 26.1 Å². The molecule has 2 aliphatic carbocycles. The van der Waals surface area contributed by atoms with Crippen molar-refractivity contribution in [2.45, 2.75) is 62.9 Å². The van der Waals surface area contributed by atoms with Gasteiger partial charge in [-0.15, -0.1) is 0 Å². The molecule has 1 saturated heterocycles. The van der Waals surface area contributed by atoms with E-state index in [1.54, 1.807) is 12.3 Å². The fourth-order valence-corrected chi connectivity index (χ4v) is 6.12. The van der Waals surface area contributed by atoms with Crippen molar-refractivity contribution in [3.8, 4) is 11.4 Å². The van der Waals surface area contributed by atoms with Gasteiger partial charge in [-0.05, 0) is 74.3 Å². The molecular weight excluding hydrogens is 508 g/mol. The molecule has 0 amide bonds. The number of hydrogen-bond acceptors (Lipinski definition) is 7. The number of likely N-dealkylation sites (tertiary alicyclic amines) is 1. The number of hydrogen-bond donors (Lipinski definition) is 1. The van der Waals surface area contributed by atoms with Gasteiger partial charge in [0.1, 0.15) is 29.0 Å². The quantitative estimate of drug-likeness (QED) is 0.289. The molecule has 0 radical (unpaired) electrons. The molecule has 7 nitrogen and oxygen atoms in total. The molecule has 4 aromatic rings. The van der Waals surface area contributed by atoms with Gasteiger partial charge in [-0.1, -0.05) is 12.5 Å². The van der Waals surface area contributed by atoms with Gasteiger partial charge in [0.05, 0.1) is 11.7 Å². The largest absolute Gasteiger partial charge is 0.356 e. The highest BCUT2D eigenvalue weighted by Gasteiger charge is 2.33. The van der Waals surface area contributed by atoms with E-state index in [4.69, 9.17) is 9.97 Å². The van der Waals surface area contributed by atoms with E-state index in [1.807, 2.05) is 18.5 Å². The Morgan fingerprint density at radius 2 is 1.73 bits per heavy atom. The predicted molar refractivity (Wildman–Crippen MR) is 153 cm³/mol. The number of benzene rings is 1. The summed E-state index contributed by atoms with van der Waals surface area (Å²) < 4.78 is 28.6. The normalized spacial score (nSPS) is 18.6. The maximum absolute atomic E-state index is 14.3. The second-order valence-corrected chi connectivity index (χ2v) is 11.4. The van der Waals surface area contributed by atoms with E-state index in [1.165, 1.54) is 43.0 Å². The van der Waals surface area contributed by atoms with Crippen LogP contribution in [0, 0.1) is 11.6 Å². The third-order valence-corrected chi connectivity index (χ3v) is 8.84. The Morgan fingerprint density at radius 1 is 0.950 bits per heavy atom. The van der Waals surface area contributed by atoms with Crippen molar-refractivity contribution in [3.63, 3.8) is 0 Å². The number of pyridine rings is 2. The number of rotatable bonds is 7. The molecule has 3 aromatic heterocycles. The van der Waals surface area contributed by atoms with Gasteiger partial charge in [0.25, 0.3) is 0 Å². The van der Waals surface area contributed by atoms with Crippen LogP contribution in [0.2, 0.25) is 0 Å². The van der Waals surface area contributed by atoms with E-state index in [2.05, 4.69) is 32.1 Å². The van der Waals surface area contributed by atoms with Crippen LogP contribution < -0.4 is 10.2 Å². The summed E-state index contributed by atoms with van der Waals surface area (Å²) in [5.74, 6) is 0.924. The Morgan fingerprint density at radius 3 is 2.42 bits per heavy atom. The zero-order chi connectivity index (χ0) is 27.2. The fourth-order valence-electron chi connectivity index (χ4n) is 6.12. The maximum Gasteiger partial charge on any atom is 0.162 e. The van der Waals surface area contributed by atoms with Crippen molar-refractivity contribution >= 4 is 28.2 Å². The second-order valence-electron chi connectivity index (χ2n) is 11.4. The molecule has 0 unspecified atom stereocenters. The van der Waals surface area contributed by atoms with Gasteiger partial charge < -0.3 is 15.1 Å². The first-order valence-corrected chi connectivity index (χ1v) is 14.3. The fraction of sp³-hybridized carbons (Fsp3) is 0.419. The second kappa shape index (κ2) is 10.4. The van der Waals surface area contributed by atoms with Crippen molar-refractivity contribution in [2.75, 3.05) is 30.4 Å². The number of para-hydroxylation sites is 1. The number of fused-ring (bicyclic) bond motifs is 1. The summed E-state index contributed by atoms with van der Waals surface area (Å²) in [5, 5.41) is 3.88. The first-order chi connectivity index (χ1) is 19.5. The summed E-state index contributed by atoms with van der Waals surface area (Å²) >= 11 is 0. The van der Waals surface area contributed by atoms with Crippen LogP contribution in [0.25, 0.3) is 22.3 Å². The SMILES string of the molecule is CN(c1nc(-c2ccnc(Nc3c(F)cccc3F)c2)nc2cncc(C3CC3)c12)C1CCN(C2CCC2)CC1. The van der Waals surface area contributed by atoms with Crippen molar-refractivity contribution in [3.05, 3.63) is 66.1 Å². The van der Waals surface area contributed by atoms with E-state index in [0.29, 0.717) is 29.2 Å². The number of halogens is 2. The van der Waals surface area contributed by atoms with Crippen LogP contribution in [0.1, 0.15) is 56.4 Å². The Bertz CT molecular complexity index is 1520. The van der Waals surface area contributed by atoms with Crippen molar-refractivity contribution < 1.29 is 8.78 Å². The summed E-state index contributed by atoms with van der Waals surface area (Å²) in [6, 6.07) is 8.48. The highest BCUT2D eigenvalue weighted by atomic mass is 19.1. The van der Waals surface area contributed by atoms with E-state index in [9.17, 15) is 8.78 Å². The standard InChI is InChI=1S/C31H33F2N7/c1-39(21-11-14-40(15-12-21)22-4-2-5-22)31-28-23(19-8-9-19)17-34-18-26(28)36-30(38-31)20-10-13-35-27(16-20)37-29-24(32)6-3-7-25(29)33/h3,6-7,10,13,16-19,21-22H,2,4-5,8-9,11-12,14-15H2,1H3,(H,35,37). The Kier molecular flexibility index (Phi) is 6.54. The first-order valence-electron chi connectivity index (χ1n) is 14.3. The molecule has 2 saturated carbocycles. The molecule has 4 heterocycles. The van der Waals surface area contributed by atoms with Gasteiger partial charge in [-0.25, -0.2) is 23.7 Å². The molecule has 0 atom stereocenters. The number of piperidine rings is 1. The minimum atomic E-state index is -0.680. The minimum Gasteiger partial charge on any atom is -0.356 e. The molecule has 0 bridgehead atoms. The number of aromatic nitrogens is 4. The van der Waals surface area contributed by atoms with Crippen molar-refractivity contribution in [1.82, 2.24) is 24.8 Å². The van der Waals surface area contributed by atoms with Gasteiger partial charge in [-0.2, -0.15) is 0 Å². The molecule has 7 rings (SSSR count). The van der Waals surface area contributed by atoms with Gasteiger partial charge in [0.2, 0.25) is 0 Å². The third kappa shape index (κ3) is 4.76. The predicted octanol–water partition coefficient (Wildman–Crippen LogP) is 6.44. The van der Waals surface area contributed by atoms with E-state index in [-0.39, 0.29) is 5.69 Å². The zero-order valence-corrected chi connectivity index (χ0v) is 22.7. The summed E-state index contributed by atoms with van der Waals surface area (Å²) in [5.41, 5.74) is 2.51. The molecule has 3 fully saturated rings. The van der Waals surface area contributed by atoms with Crippen LogP contribution in [0.15, 0.2) is 48.9 Å². The van der Waals surface area contributed by atoms with Gasteiger partial charge >= 0.3 is 0 Å². The molecule has 3 aliphatic rings. The zero-order valence-electron chi connectivity index (χ0n) is 22.7. The molecule has 1 aliphatic heterocycles.